The van der Waals surface area contributed by atoms with Crippen LogP contribution in [0.3, 0.4) is 0 Å². The molecule has 1 N–H and O–H groups in total. The summed E-state index contributed by atoms with van der Waals surface area (Å²) in [5, 5.41) is 3.16. The van der Waals surface area contributed by atoms with Crippen LogP contribution in [0, 0.1) is 0 Å². The first-order valence-electron chi connectivity index (χ1n) is 5.74. The zero-order valence-corrected chi connectivity index (χ0v) is 10.6. The lowest BCUT2D eigenvalue weighted by atomic mass is 10.2. The Morgan fingerprint density at radius 3 is 2.59 bits per heavy atom. The molecule has 0 amide bonds. The van der Waals surface area contributed by atoms with Crippen molar-refractivity contribution < 1.29 is 9.53 Å². The highest BCUT2D eigenvalue weighted by atomic mass is 16.5. The maximum absolute atomic E-state index is 11.3. The number of hydrogen-bond acceptors (Lipinski definition) is 3. The van der Waals surface area contributed by atoms with E-state index in [0.717, 1.165) is 5.70 Å². The van der Waals surface area contributed by atoms with Crippen LogP contribution in [0.15, 0.2) is 42.1 Å². The maximum atomic E-state index is 11.3. The molecule has 0 aliphatic rings. The van der Waals surface area contributed by atoms with Crippen LogP contribution >= 0.6 is 0 Å². The first-order chi connectivity index (χ1) is 8.08. The molecule has 1 aromatic carbocycles. The second-order valence-electron chi connectivity index (χ2n) is 4.15. The van der Waals surface area contributed by atoms with Gasteiger partial charge in [0.1, 0.15) is 0 Å². The molecule has 92 valence electrons. The predicted molar refractivity (Wildman–Crippen MR) is 68.3 cm³/mol. The van der Waals surface area contributed by atoms with Gasteiger partial charge >= 0.3 is 5.97 Å². The topological polar surface area (TPSA) is 38.3 Å². The number of esters is 1. The molecule has 0 bridgehead atoms. The minimum atomic E-state index is -0.307. The highest BCUT2D eigenvalue weighted by Gasteiger charge is 2.02. The van der Waals surface area contributed by atoms with Crippen molar-refractivity contribution in [1.82, 2.24) is 5.32 Å². The molecular formula is C14H19NO2. The highest BCUT2D eigenvalue weighted by Crippen LogP contribution is 2.00. The standard InChI is InChI=1S/C14H19NO2/c1-11(2)17-14(16)9-12(3)15-10-13-7-5-4-6-8-13/h4-9,11,15H,10H2,1-3H3/b12-9-. The Bertz CT molecular complexity index is 382. The van der Waals surface area contributed by atoms with Crippen molar-refractivity contribution in [3.8, 4) is 0 Å². The summed E-state index contributed by atoms with van der Waals surface area (Å²) in [7, 11) is 0. The number of ether oxygens (including phenoxy) is 1. The third kappa shape index (κ3) is 5.76. The maximum Gasteiger partial charge on any atom is 0.332 e. The molecule has 0 saturated heterocycles. The lowest BCUT2D eigenvalue weighted by Crippen LogP contribution is -2.14. The van der Waals surface area contributed by atoms with Gasteiger partial charge in [-0.05, 0) is 26.3 Å². The molecule has 0 aliphatic carbocycles. The second-order valence-corrected chi connectivity index (χ2v) is 4.15. The Hall–Kier alpha value is -1.77. The molecule has 0 radical (unpaired) electrons. The molecule has 0 atom stereocenters. The summed E-state index contributed by atoms with van der Waals surface area (Å²) < 4.78 is 5.02. The summed E-state index contributed by atoms with van der Waals surface area (Å²) >= 11 is 0. The van der Waals surface area contributed by atoms with Crippen molar-refractivity contribution in [3.63, 3.8) is 0 Å². The molecule has 0 unspecified atom stereocenters. The molecule has 0 fully saturated rings. The summed E-state index contributed by atoms with van der Waals surface area (Å²) in [5.74, 6) is -0.307. The van der Waals surface area contributed by atoms with Gasteiger partial charge in [-0.25, -0.2) is 4.79 Å². The molecule has 17 heavy (non-hydrogen) atoms. The quantitative estimate of drug-likeness (QED) is 0.627. The van der Waals surface area contributed by atoms with Gasteiger partial charge in [-0.1, -0.05) is 30.3 Å². The van der Waals surface area contributed by atoms with E-state index < -0.39 is 0 Å². The van der Waals surface area contributed by atoms with E-state index in [1.807, 2.05) is 51.1 Å². The molecule has 1 rings (SSSR count). The summed E-state index contributed by atoms with van der Waals surface area (Å²) in [6.45, 7) is 6.22. The van der Waals surface area contributed by atoms with Crippen molar-refractivity contribution >= 4 is 5.97 Å². The number of carbonyl (C=O) groups is 1. The molecule has 1 aromatic rings. The largest absolute Gasteiger partial charge is 0.460 e. The Morgan fingerprint density at radius 2 is 2.00 bits per heavy atom. The summed E-state index contributed by atoms with van der Waals surface area (Å²) in [4.78, 5) is 11.3. The number of hydrogen-bond donors (Lipinski definition) is 1. The van der Waals surface area contributed by atoms with E-state index in [1.165, 1.54) is 11.6 Å². The molecular weight excluding hydrogens is 214 g/mol. The van der Waals surface area contributed by atoms with Crippen molar-refractivity contribution in [2.45, 2.75) is 33.4 Å². The third-order valence-corrected chi connectivity index (χ3v) is 2.10. The summed E-state index contributed by atoms with van der Waals surface area (Å²) in [5.41, 5.74) is 1.98. The van der Waals surface area contributed by atoms with Crippen molar-refractivity contribution in [1.29, 1.82) is 0 Å². The van der Waals surface area contributed by atoms with Crippen LogP contribution in [0.25, 0.3) is 0 Å². The van der Waals surface area contributed by atoms with Gasteiger partial charge in [-0.2, -0.15) is 0 Å². The molecule has 3 heteroatoms. The minimum Gasteiger partial charge on any atom is -0.460 e. The van der Waals surface area contributed by atoms with E-state index in [2.05, 4.69) is 5.32 Å². The predicted octanol–water partition coefficient (Wildman–Crippen LogP) is 2.63. The lowest BCUT2D eigenvalue weighted by molar-refractivity contribution is -0.141. The third-order valence-electron chi connectivity index (χ3n) is 2.10. The molecule has 0 saturated carbocycles. The van der Waals surface area contributed by atoms with Gasteiger partial charge in [0.25, 0.3) is 0 Å². The summed E-state index contributed by atoms with van der Waals surface area (Å²) in [6, 6.07) is 10.0. The molecule has 3 nitrogen and oxygen atoms in total. The van der Waals surface area contributed by atoms with E-state index in [-0.39, 0.29) is 12.1 Å². The molecule has 0 aliphatic heterocycles. The van der Waals surface area contributed by atoms with E-state index in [0.29, 0.717) is 6.54 Å². The number of benzene rings is 1. The molecule has 0 heterocycles. The minimum absolute atomic E-state index is 0.0827. The normalized spacial score (nSPS) is 11.4. The van der Waals surface area contributed by atoms with E-state index in [9.17, 15) is 4.79 Å². The Morgan fingerprint density at radius 1 is 1.35 bits per heavy atom. The smallest absolute Gasteiger partial charge is 0.332 e. The van der Waals surface area contributed by atoms with E-state index in [1.54, 1.807) is 0 Å². The zero-order chi connectivity index (χ0) is 12.7. The van der Waals surface area contributed by atoms with Crippen molar-refractivity contribution in [3.05, 3.63) is 47.7 Å². The monoisotopic (exact) mass is 233 g/mol. The SMILES string of the molecule is C/C(=C/C(=O)OC(C)C)NCc1ccccc1. The first kappa shape index (κ1) is 13.3. The van der Waals surface area contributed by atoms with Crippen LogP contribution in [-0.4, -0.2) is 12.1 Å². The number of nitrogens with one attached hydrogen (secondary N) is 1. The first-order valence-corrected chi connectivity index (χ1v) is 5.74. The fourth-order valence-electron chi connectivity index (χ4n) is 1.33. The van der Waals surface area contributed by atoms with Gasteiger partial charge in [-0.15, -0.1) is 0 Å². The molecule has 0 aromatic heterocycles. The number of carbonyl (C=O) groups excluding carboxylic acids is 1. The fourth-order valence-corrected chi connectivity index (χ4v) is 1.33. The zero-order valence-electron chi connectivity index (χ0n) is 10.6. The van der Waals surface area contributed by atoms with Gasteiger partial charge < -0.3 is 10.1 Å². The van der Waals surface area contributed by atoms with Crippen LogP contribution in [0.2, 0.25) is 0 Å². The lowest BCUT2D eigenvalue weighted by Gasteiger charge is -2.08. The van der Waals surface area contributed by atoms with Gasteiger partial charge in [0, 0.05) is 18.3 Å². The van der Waals surface area contributed by atoms with Gasteiger partial charge in [-0.3, -0.25) is 0 Å². The number of allylic oxidation sites excluding steroid dienone is 1. The Kier molecular flexibility index (Phi) is 5.27. The van der Waals surface area contributed by atoms with Gasteiger partial charge in [0.15, 0.2) is 0 Å². The van der Waals surface area contributed by atoms with Crippen LogP contribution in [-0.2, 0) is 16.1 Å². The van der Waals surface area contributed by atoms with Crippen molar-refractivity contribution in [2.75, 3.05) is 0 Å². The van der Waals surface area contributed by atoms with Crippen LogP contribution < -0.4 is 5.32 Å². The summed E-state index contributed by atoms with van der Waals surface area (Å²) in [6.07, 6.45) is 1.39. The van der Waals surface area contributed by atoms with E-state index in [4.69, 9.17) is 4.74 Å². The highest BCUT2D eigenvalue weighted by molar-refractivity contribution is 5.82. The molecule has 0 spiro atoms. The van der Waals surface area contributed by atoms with Crippen LogP contribution in [0.5, 0.6) is 0 Å². The van der Waals surface area contributed by atoms with Crippen molar-refractivity contribution in [2.24, 2.45) is 0 Å². The fraction of sp³-hybridized carbons (Fsp3) is 0.357. The van der Waals surface area contributed by atoms with Gasteiger partial charge in [0.05, 0.1) is 6.10 Å². The average Bonchev–Trinajstić information content (AvgIpc) is 2.26. The van der Waals surface area contributed by atoms with Gasteiger partial charge in [0.2, 0.25) is 0 Å². The van der Waals surface area contributed by atoms with Crippen LogP contribution in [0.4, 0.5) is 0 Å². The average molecular weight is 233 g/mol. The van der Waals surface area contributed by atoms with E-state index >= 15 is 0 Å². The number of rotatable bonds is 5. The Balaban J connectivity index is 2.41. The van der Waals surface area contributed by atoms with Crippen LogP contribution in [0.1, 0.15) is 26.3 Å². The Labute approximate surface area is 102 Å². The second kappa shape index (κ2) is 6.74.